The van der Waals surface area contributed by atoms with E-state index in [9.17, 15) is 14.0 Å². The van der Waals surface area contributed by atoms with E-state index in [-0.39, 0.29) is 11.7 Å². The second-order valence-electron chi connectivity index (χ2n) is 4.75. The smallest absolute Gasteiger partial charge is 0.326 e. The molecule has 0 saturated carbocycles. The lowest BCUT2D eigenvalue weighted by molar-refractivity contribution is -0.150. The second-order valence-corrected chi connectivity index (χ2v) is 4.75. The molecule has 6 heteroatoms. The van der Waals surface area contributed by atoms with Gasteiger partial charge in [-0.15, -0.1) is 0 Å². The molecule has 1 aliphatic rings. The van der Waals surface area contributed by atoms with Gasteiger partial charge in [0.2, 0.25) is 0 Å². The number of carboxylic acids is 1. The number of nitrogens with zero attached hydrogens (tertiary/aromatic N) is 1. The largest absolute Gasteiger partial charge is 0.481 e. The SMILES string of the molecule is CC(Oc1cccc(F)c1)C(=O)N1CCC[C@H]1C(=O)O. The van der Waals surface area contributed by atoms with Crippen molar-refractivity contribution in [1.29, 1.82) is 0 Å². The zero-order valence-corrected chi connectivity index (χ0v) is 11.1. The number of hydrogen-bond donors (Lipinski definition) is 1. The molecule has 1 saturated heterocycles. The van der Waals surface area contributed by atoms with Crippen molar-refractivity contribution in [3.8, 4) is 5.75 Å². The lowest BCUT2D eigenvalue weighted by Crippen LogP contribution is -2.46. The summed E-state index contributed by atoms with van der Waals surface area (Å²) >= 11 is 0. The van der Waals surface area contributed by atoms with Crippen LogP contribution in [0.3, 0.4) is 0 Å². The van der Waals surface area contributed by atoms with E-state index < -0.39 is 23.9 Å². The molecule has 1 unspecified atom stereocenters. The third-order valence-electron chi connectivity index (χ3n) is 3.28. The van der Waals surface area contributed by atoms with Crippen LogP contribution in [0.25, 0.3) is 0 Å². The number of hydrogen-bond acceptors (Lipinski definition) is 3. The van der Waals surface area contributed by atoms with Crippen LogP contribution in [-0.4, -0.2) is 40.6 Å². The maximum absolute atomic E-state index is 13.0. The summed E-state index contributed by atoms with van der Waals surface area (Å²) in [4.78, 5) is 24.6. The molecule has 0 bridgehead atoms. The molecule has 5 nitrogen and oxygen atoms in total. The summed E-state index contributed by atoms with van der Waals surface area (Å²) in [5.41, 5.74) is 0. The molecule has 20 heavy (non-hydrogen) atoms. The lowest BCUT2D eigenvalue weighted by Gasteiger charge is -2.25. The number of amides is 1. The van der Waals surface area contributed by atoms with Gasteiger partial charge < -0.3 is 14.7 Å². The van der Waals surface area contributed by atoms with Gasteiger partial charge in [0, 0.05) is 12.6 Å². The third-order valence-corrected chi connectivity index (χ3v) is 3.28. The molecule has 1 aliphatic heterocycles. The van der Waals surface area contributed by atoms with Crippen molar-refractivity contribution in [1.82, 2.24) is 4.90 Å². The highest BCUT2D eigenvalue weighted by molar-refractivity contribution is 5.86. The Labute approximate surface area is 116 Å². The number of halogens is 1. The van der Waals surface area contributed by atoms with E-state index in [4.69, 9.17) is 9.84 Å². The normalized spacial score (nSPS) is 19.7. The first kappa shape index (κ1) is 14.3. The monoisotopic (exact) mass is 281 g/mol. The molecule has 0 radical (unpaired) electrons. The zero-order valence-electron chi connectivity index (χ0n) is 11.1. The van der Waals surface area contributed by atoms with Crippen molar-refractivity contribution in [3.63, 3.8) is 0 Å². The summed E-state index contributed by atoms with van der Waals surface area (Å²) in [5, 5.41) is 9.06. The summed E-state index contributed by atoms with van der Waals surface area (Å²) in [6.45, 7) is 1.94. The predicted molar refractivity (Wildman–Crippen MR) is 68.9 cm³/mol. The van der Waals surface area contributed by atoms with E-state index in [0.717, 1.165) is 0 Å². The molecule has 2 atom stereocenters. The van der Waals surface area contributed by atoms with E-state index in [1.807, 2.05) is 0 Å². The zero-order chi connectivity index (χ0) is 14.7. The minimum Gasteiger partial charge on any atom is -0.481 e. The Kier molecular flexibility index (Phi) is 4.22. The van der Waals surface area contributed by atoms with Gasteiger partial charge in [0.05, 0.1) is 0 Å². The molecule has 1 heterocycles. The van der Waals surface area contributed by atoms with Crippen LogP contribution < -0.4 is 4.74 Å². The molecular formula is C14H16FNO4. The first-order valence-corrected chi connectivity index (χ1v) is 6.44. The molecule has 108 valence electrons. The van der Waals surface area contributed by atoms with Crippen LogP contribution >= 0.6 is 0 Å². The fourth-order valence-electron chi connectivity index (χ4n) is 2.32. The Morgan fingerprint density at radius 1 is 1.50 bits per heavy atom. The quantitative estimate of drug-likeness (QED) is 0.911. The van der Waals surface area contributed by atoms with Crippen LogP contribution in [0.2, 0.25) is 0 Å². The van der Waals surface area contributed by atoms with Gasteiger partial charge in [0.1, 0.15) is 17.6 Å². The minimum atomic E-state index is -1.01. The fraction of sp³-hybridized carbons (Fsp3) is 0.429. The number of aliphatic carboxylic acids is 1. The average molecular weight is 281 g/mol. The molecule has 0 spiro atoms. The highest BCUT2D eigenvalue weighted by Gasteiger charge is 2.36. The van der Waals surface area contributed by atoms with E-state index in [0.29, 0.717) is 19.4 Å². The number of carboxylic acid groups (broad SMARTS) is 1. The summed E-state index contributed by atoms with van der Waals surface area (Å²) < 4.78 is 18.4. The lowest BCUT2D eigenvalue weighted by atomic mass is 10.2. The summed E-state index contributed by atoms with van der Waals surface area (Å²) in [5.74, 6) is -1.60. The summed E-state index contributed by atoms with van der Waals surface area (Å²) in [6.07, 6.45) is 0.264. The van der Waals surface area contributed by atoms with Crippen LogP contribution in [0.4, 0.5) is 4.39 Å². The number of carbonyl (C=O) groups excluding carboxylic acids is 1. The Bertz CT molecular complexity index is 520. The van der Waals surface area contributed by atoms with Crippen LogP contribution in [0.1, 0.15) is 19.8 Å². The number of carbonyl (C=O) groups is 2. The molecule has 1 amide bonds. The number of ether oxygens (including phenoxy) is 1. The highest BCUT2D eigenvalue weighted by atomic mass is 19.1. The second kappa shape index (κ2) is 5.90. The van der Waals surface area contributed by atoms with Crippen LogP contribution in [0, 0.1) is 5.82 Å². The number of benzene rings is 1. The van der Waals surface area contributed by atoms with Crippen LogP contribution in [0.15, 0.2) is 24.3 Å². The summed E-state index contributed by atoms with van der Waals surface area (Å²) in [7, 11) is 0. The highest BCUT2D eigenvalue weighted by Crippen LogP contribution is 2.20. The van der Waals surface area contributed by atoms with Crippen molar-refractivity contribution in [2.24, 2.45) is 0 Å². The predicted octanol–water partition coefficient (Wildman–Crippen LogP) is 1.67. The van der Waals surface area contributed by atoms with Gasteiger partial charge in [0.25, 0.3) is 5.91 Å². The average Bonchev–Trinajstić information content (AvgIpc) is 2.87. The summed E-state index contributed by atoms with van der Waals surface area (Å²) in [6, 6.07) is 4.70. The van der Waals surface area contributed by atoms with Gasteiger partial charge in [-0.3, -0.25) is 4.79 Å². The Morgan fingerprint density at radius 3 is 2.90 bits per heavy atom. The minimum absolute atomic E-state index is 0.247. The molecule has 1 fully saturated rings. The Balaban J connectivity index is 2.03. The van der Waals surface area contributed by atoms with Gasteiger partial charge in [-0.05, 0) is 31.9 Å². The van der Waals surface area contributed by atoms with Gasteiger partial charge in [-0.25, -0.2) is 9.18 Å². The van der Waals surface area contributed by atoms with Crippen molar-refractivity contribution in [2.45, 2.75) is 31.9 Å². The topological polar surface area (TPSA) is 66.8 Å². The van der Waals surface area contributed by atoms with Crippen LogP contribution in [-0.2, 0) is 9.59 Å². The molecule has 0 aliphatic carbocycles. The maximum atomic E-state index is 13.0. The molecule has 1 aromatic carbocycles. The maximum Gasteiger partial charge on any atom is 0.326 e. The van der Waals surface area contributed by atoms with E-state index in [2.05, 4.69) is 0 Å². The van der Waals surface area contributed by atoms with E-state index in [1.54, 1.807) is 6.07 Å². The molecule has 1 N–H and O–H groups in total. The first-order chi connectivity index (χ1) is 9.49. The Hall–Kier alpha value is -2.11. The van der Waals surface area contributed by atoms with E-state index >= 15 is 0 Å². The van der Waals surface area contributed by atoms with Gasteiger partial charge >= 0.3 is 5.97 Å². The van der Waals surface area contributed by atoms with Gasteiger partial charge in [-0.1, -0.05) is 6.07 Å². The van der Waals surface area contributed by atoms with E-state index in [1.165, 1.54) is 30.0 Å². The van der Waals surface area contributed by atoms with Gasteiger partial charge in [0.15, 0.2) is 6.10 Å². The van der Waals surface area contributed by atoms with Crippen LogP contribution in [0.5, 0.6) is 5.75 Å². The third kappa shape index (κ3) is 3.07. The molecule has 1 aromatic rings. The standard InChI is InChI=1S/C14H16FNO4/c1-9(20-11-5-2-4-10(15)8-11)13(17)16-7-3-6-12(16)14(18)19/h2,4-5,8-9,12H,3,6-7H2,1H3,(H,18,19)/t9?,12-/m0/s1. The van der Waals surface area contributed by atoms with Crippen molar-refractivity contribution < 1.29 is 23.8 Å². The molecule has 2 rings (SSSR count). The molecule has 0 aromatic heterocycles. The number of likely N-dealkylation sites (tertiary alicyclic amines) is 1. The molecular weight excluding hydrogens is 265 g/mol. The van der Waals surface area contributed by atoms with Crippen molar-refractivity contribution >= 4 is 11.9 Å². The van der Waals surface area contributed by atoms with Gasteiger partial charge in [-0.2, -0.15) is 0 Å². The first-order valence-electron chi connectivity index (χ1n) is 6.44. The van der Waals surface area contributed by atoms with Crippen molar-refractivity contribution in [3.05, 3.63) is 30.1 Å². The Morgan fingerprint density at radius 2 is 2.25 bits per heavy atom. The number of rotatable bonds is 4. The fourth-order valence-corrected chi connectivity index (χ4v) is 2.32. The van der Waals surface area contributed by atoms with Crippen molar-refractivity contribution in [2.75, 3.05) is 6.54 Å².